The lowest BCUT2D eigenvalue weighted by molar-refractivity contribution is -0.115. The molecule has 0 saturated heterocycles. The molecule has 0 spiro atoms. The molecule has 0 saturated carbocycles. The summed E-state index contributed by atoms with van der Waals surface area (Å²) >= 11 is 0. The van der Waals surface area contributed by atoms with Crippen molar-refractivity contribution in [3.05, 3.63) is 11.3 Å². The minimum atomic E-state index is 0.344. The van der Waals surface area contributed by atoms with Gasteiger partial charge in [-0.05, 0) is 12.8 Å². The highest BCUT2D eigenvalue weighted by Gasteiger charge is 2.21. The van der Waals surface area contributed by atoms with Gasteiger partial charge in [0.1, 0.15) is 0 Å². The van der Waals surface area contributed by atoms with Crippen LogP contribution in [0, 0.1) is 0 Å². The molecule has 0 fully saturated rings. The molecule has 1 rings (SSSR count). The van der Waals surface area contributed by atoms with E-state index in [1.165, 1.54) is 5.70 Å². The Bertz CT molecular complexity index is 204. The van der Waals surface area contributed by atoms with Gasteiger partial charge in [0.25, 0.3) is 0 Å². The van der Waals surface area contributed by atoms with Gasteiger partial charge in [0, 0.05) is 31.8 Å². The molecular formula is C9H15NO. The summed E-state index contributed by atoms with van der Waals surface area (Å²) in [5.41, 5.74) is 2.27. The van der Waals surface area contributed by atoms with Gasteiger partial charge in [0.2, 0.25) is 0 Å². The molecule has 1 aliphatic rings. The van der Waals surface area contributed by atoms with E-state index in [-0.39, 0.29) is 0 Å². The molecule has 1 aliphatic carbocycles. The summed E-state index contributed by atoms with van der Waals surface area (Å²) in [6.07, 6.45) is 2.54. The van der Waals surface area contributed by atoms with Crippen LogP contribution in [0.3, 0.4) is 0 Å². The molecule has 0 amide bonds. The van der Waals surface area contributed by atoms with Crippen molar-refractivity contribution in [2.75, 3.05) is 14.1 Å². The summed E-state index contributed by atoms with van der Waals surface area (Å²) in [6.45, 7) is 2.04. The van der Waals surface area contributed by atoms with Gasteiger partial charge < -0.3 is 4.90 Å². The fraction of sp³-hybridized carbons (Fsp3) is 0.667. The lowest BCUT2D eigenvalue weighted by Gasteiger charge is -2.14. The van der Waals surface area contributed by atoms with Crippen molar-refractivity contribution in [1.29, 1.82) is 0 Å². The van der Waals surface area contributed by atoms with Crippen molar-refractivity contribution in [1.82, 2.24) is 4.90 Å². The zero-order valence-electron chi connectivity index (χ0n) is 7.48. The monoisotopic (exact) mass is 153 g/mol. The zero-order valence-corrected chi connectivity index (χ0v) is 7.48. The quantitative estimate of drug-likeness (QED) is 0.600. The first kappa shape index (κ1) is 8.31. The molecule has 0 heterocycles. The number of carbonyl (C=O) groups is 1. The van der Waals surface area contributed by atoms with Crippen molar-refractivity contribution in [2.45, 2.75) is 26.2 Å². The molecule has 0 aromatic rings. The van der Waals surface area contributed by atoms with Crippen LogP contribution in [0.15, 0.2) is 11.3 Å². The molecule has 11 heavy (non-hydrogen) atoms. The first-order valence-corrected chi connectivity index (χ1v) is 4.09. The van der Waals surface area contributed by atoms with Crippen LogP contribution in [-0.2, 0) is 4.79 Å². The Morgan fingerprint density at radius 3 is 2.36 bits per heavy atom. The number of ketones is 1. The third-order valence-electron chi connectivity index (χ3n) is 2.17. The van der Waals surface area contributed by atoms with Crippen molar-refractivity contribution in [3.63, 3.8) is 0 Å². The summed E-state index contributed by atoms with van der Waals surface area (Å²) in [6, 6.07) is 0. The maximum Gasteiger partial charge on any atom is 0.160 e. The second-order valence-corrected chi connectivity index (χ2v) is 3.10. The molecule has 0 atom stereocenters. The Balaban J connectivity index is 2.88. The van der Waals surface area contributed by atoms with E-state index in [1.807, 2.05) is 21.0 Å². The highest BCUT2D eigenvalue weighted by Crippen LogP contribution is 2.26. The second kappa shape index (κ2) is 3.07. The Hall–Kier alpha value is -0.790. The average Bonchev–Trinajstić information content (AvgIpc) is 2.30. The van der Waals surface area contributed by atoms with Gasteiger partial charge in [0.05, 0.1) is 0 Å². The molecule has 0 unspecified atom stereocenters. The number of hydrogen-bond donors (Lipinski definition) is 0. The van der Waals surface area contributed by atoms with E-state index in [2.05, 4.69) is 4.90 Å². The third kappa shape index (κ3) is 1.44. The highest BCUT2D eigenvalue weighted by atomic mass is 16.1. The van der Waals surface area contributed by atoms with Gasteiger partial charge in [-0.1, -0.05) is 6.92 Å². The summed E-state index contributed by atoms with van der Waals surface area (Å²) in [5.74, 6) is 0.344. The van der Waals surface area contributed by atoms with Crippen LogP contribution >= 0.6 is 0 Å². The highest BCUT2D eigenvalue weighted by molar-refractivity contribution is 5.98. The molecular weight excluding hydrogens is 138 g/mol. The van der Waals surface area contributed by atoms with E-state index in [0.717, 1.165) is 24.8 Å². The number of hydrogen-bond acceptors (Lipinski definition) is 2. The van der Waals surface area contributed by atoms with Crippen LogP contribution in [0.2, 0.25) is 0 Å². The summed E-state index contributed by atoms with van der Waals surface area (Å²) in [7, 11) is 4.01. The van der Waals surface area contributed by atoms with Crippen LogP contribution in [0.25, 0.3) is 0 Å². The van der Waals surface area contributed by atoms with Gasteiger partial charge in [0.15, 0.2) is 5.78 Å². The fourth-order valence-electron chi connectivity index (χ4n) is 1.59. The molecule has 2 nitrogen and oxygen atoms in total. The first-order valence-electron chi connectivity index (χ1n) is 4.09. The minimum absolute atomic E-state index is 0.344. The summed E-state index contributed by atoms with van der Waals surface area (Å²) in [4.78, 5) is 13.3. The van der Waals surface area contributed by atoms with Crippen molar-refractivity contribution < 1.29 is 4.79 Å². The molecule has 0 aromatic heterocycles. The smallest absolute Gasteiger partial charge is 0.160 e. The van der Waals surface area contributed by atoms with Gasteiger partial charge >= 0.3 is 0 Å². The standard InChI is InChI=1S/C9H15NO/c1-4-7-8(10(2)3)5-6-9(7)11/h4-6H2,1-3H3. The molecule has 62 valence electrons. The van der Waals surface area contributed by atoms with Crippen molar-refractivity contribution >= 4 is 5.78 Å². The van der Waals surface area contributed by atoms with E-state index < -0.39 is 0 Å². The minimum Gasteiger partial charge on any atom is -0.381 e. The largest absolute Gasteiger partial charge is 0.381 e. The van der Waals surface area contributed by atoms with Crippen LogP contribution in [0.1, 0.15) is 26.2 Å². The second-order valence-electron chi connectivity index (χ2n) is 3.10. The van der Waals surface area contributed by atoms with Crippen LogP contribution < -0.4 is 0 Å². The summed E-state index contributed by atoms with van der Waals surface area (Å²) < 4.78 is 0. The van der Waals surface area contributed by atoms with Gasteiger partial charge in [-0.3, -0.25) is 4.79 Å². The number of nitrogens with zero attached hydrogens (tertiary/aromatic N) is 1. The van der Waals surface area contributed by atoms with E-state index in [9.17, 15) is 4.79 Å². The van der Waals surface area contributed by atoms with Crippen molar-refractivity contribution in [2.24, 2.45) is 0 Å². The maximum atomic E-state index is 11.2. The third-order valence-corrected chi connectivity index (χ3v) is 2.17. The average molecular weight is 153 g/mol. The van der Waals surface area contributed by atoms with Crippen LogP contribution in [-0.4, -0.2) is 24.8 Å². The van der Waals surface area contributed by atoms with Gasteiger partial charge in [-0.25, -0.2) is 0 Å². The Morgan fingerprint density at radius 1 is 1.36 bits per heavy atom. The lowest BCUT2D eigenvalue weighted by Crippen LogP contribution is -2.11. The zero-order chi connectivity index (χ0) is 8.43. The summed E-state index contributed by atoms with van der Waals surface area (Å²) in [5, 5.41) is 0. The molecule has 0 bridgehead atoms. The number of carbonyl (C=O) groups excluding carboxylic acids is 1. The maximum absolute atomic E-state index is 11.2. The topological polar surface area (TPSA) is 20.3 Å². The predicted molar refractivity (Wildman–Crippen MR) is 45.2 cm³/mol. The SMILES string of the molecule is CCC1=C(N(C)C)CCC1=O. The molecule has 2 heteroatoms. The molecule has 0 N–H and O–H groups in total. The lowest BCUT2D eigenvalue weighted by atomic mass is 10.1. The van der Waals surface area contributed by atoms with Gasteiger partial charge in [-0.15, -0.1) is 0 Å². The Morgan fingerprint density at radius 2 is 2.00 bits per heavy atom. The number of rotatable bonds is 2. The predicted octanol–water partition coefficient (Wildman–Crippen LogP) is 1.58. The Labute approximate surface area is 67.9 Å². The van der Waals surface area contributed by atoms with E-state index >= 15 is 0 Å². The normalized spacial score (nSPS) is 17.9. The number of allylic oxidation sites excluding steroid dienone is 2. The number of Topliss-reactive ketones (excluding diaryl/α,β-unsaturated/α-hetero) is 1. The fourth-order valence-corrected chi connectivity index (χ4v) is 1.59. The molecule has 0 radical (unpaired) electrons. The first-order chi connectivity index (χ1) is 5.16. The van der Waals surface area contributed by atoms with E-state index in [0.29, 0.717) is 5.78 Å². The van der Waals surface area contributed by atoms with Crippen molar-refractivity contribution in [3.8, 4) is 0 Å². The van der Waals surface area contributed by atoms with Gasteiger partial charge in [-0.2, -0.15) is 0 Å². The van der Waals surface area contributed by atoms with Crippen LogP contribution in [0.4, 0.5) is 0 Å². The van der Waals surface area contributed by atoms with Crippen LogP contribution in [0.5, 0.6) is 0 Å². The molecule has 0 aromatic carbocycles. The van der Waals surface area contributed by atoms with E-state index in [4.69, 9.17) is 0 Å². The molecule has 0 aliphatic heterocycles. The Kier molecular flexibility index (Phi) is 2.32. The van der Waals surface area contributed by atoms with E-state index in [1.54, 1.807) is 0 Å².